The standard InChI is InChI=1S/C58H42N2O/c1-2-6-20-45(58-59-54-23-13-14-24-56(54)61-58)26-25-44(19-5-1)50-37-38-55(52-36-35-51-49-22-12-11-21-46(49)39-53(51)57(50)52)60(47-31-27-42(28-32-47)40-15-7-3-8-16-40)48-33-29-43(30-34-48)41-17-9-4-10-18-41/h1-18,21-38H,19-20,39H2/b5-1-,6-2-,44-25+,45-26+/i1D,2D,3D,4D,5D,6D,7D,8D,9D,11D,12D,13D,14D,15D,16D,18D,21D,22D,23D,24D,25D,26D,27D,28D,29D,30D,31D,32D,33D,34D,35D,36D,37D,38D. The van der Waals surface area contributed by atoms with E-state index in [-0.39, 0.29) is 16.7 Å². The molecule has 61 heavy (non-hydrogen) atoms. The molecular formula is C58H42N2O. The highest BCUT2D eigenvalue weighted by atomic mass is 16.3. The molecule has 8 aromatic carbocycles. The Hall–Kier alpha value is -7.75. The van der Waals surface area contributed by atoms with Crippen molar-refractivity contribution in [1.29, 1.82) is 0 Å². The average Bonchev–Trinajstić information content (AvgIpc) is 1.68. The summed E-state index contributed by atoms with van der Waals surface area (Å²) in [6, 6.07) is -30.5. The van der Waals surface area contributed by atoms with E-state index in [1.807, 2.05) is 0 Å². The lowest BCUT2D eigenvalue weighted by Crippen LogP contribution is -2.11. The second-order valence-corrected chi connectivity index (χ2v) is 13.1. The van der Waals surface area contributed by atoms with Crippen LogP contribution in [0.1, 0.15) is 82.0 Å². The van der Waals surface area contributed by atoms with Gasteiger partial charge in [-0.3, -0.25) is 0 Å². The Morgan fingerprint density at radius 2 is 1.20 bits per heavy atom. The third-order valence-corrected chi connectivity index (χ3v) is 9.58. The Bertz CT molecular complexity index is 5080. The molecule has 0 atom stereocenters. The van der Waals surface area contributed by atoms with Gasteiger partial charge in [-0.15, -0.1) is 0 Å². The molecule has 1 heterocycles. The topological polar surface area (TPSA) is 29.3 Å². The number of aromatic nitrogens is 1. The van der Waals surface area contributed by atoms with Gasteiger partial charge in [-0.25, -0.2) is 4.98 Å². The number of hydrogen-bond donors (Lipinski definition) is 0. The van der Waals surface area contributed by atoms with Crippen molar-refractivity contribution in [3.63, 3.8) is 0 Å². The Morgan fingerprint density at radius 3 is 2.02 bits per heavy atom. The van der Waals surface area contributed by atoms with Crippen LogP contribution in [0.5, 0.6) is 0 Å². The van der Waals surface area contributed by atoms with Crippen LogP contribution in [-0.4, -0.2) is 4.98 Å². The van der Waals surface area contributed by atoms with E-state index >= 15 is 0 Å². The lowest BCUT2D eigenvalue weighted by Gasteiger charge is -2.29. The number of para-hydroxylation sites is 2. The number of allylic oxidation sites excluding steroid dienone is 8. The van der Waals surface area contributed by atoms with Gasteiger partial charge in [-0.2, -0.15) is 0 Å². The van der Waals surface area contributed by atoms with E-state index in [1.165, 1.54) is 0 Å². The molecule has 9 aromatic rings. The van der Waals surface area contributed by atoms with E-state index < -0.39 is 314 Å². The highest BCUT2D eigenvalue weighted by molar-refractivity contribution is 6.09. The van der Waals surface area contributed by atoms with Gasteiger partial charge in [0.2, 0.25) is 5.89 Å². The van der Waals surface area contributed by atoms with Crippen molar-refractivity contribution in [2.45, 2.75) is 19.3 Å². The third-order valence-electron chi connectivity index (χ3n) is 9.58. The summed E-state index contributed by atoms with van der Waals surface area (Å²) in [7, 11) is 0. The number of nitrogens with zero attached hydrogens (tertiary/aromatic N) is 2. The molecule has 0 unspecified atom stereocenters. The zero-order chi connectivity index (χ0) is 70.1. The Balaban J connectivity index is 1.38. The normalized spacial score (nSPS) is 27.0. The summed E-state index contributed by atoms with van der Waals surface area (Å²) in [5.41, 5.74) is -10.8. The fraction of sp³-hybridized carbons (Fsp3) is 0.0517. The lowest BCUT2D eigenvalue weighted by atomic mass is 9.88. The third kappa shape index (κ3) is 6.90. The fourth-order valence-electron chi connectivity index (χ4n) is 6.82. The molecule has 0 radical (unpaired) electrons. The fourth-order valence-corrected chi connectivity index (χ4v) is 6.82. The SMILES string of the molecule is [2H]/C1=C([2H])/C([2H])=C(/[2H])C/C(c2c([2H])c([2H])c(N(c3c([2H])c([2H])c(-c4cc([2H])c([2H])cc4[2H])c([2H])c3[2H])c3c([2H])c([2H])c(-c4c([2H])c([2H])c([2H])c([2H])c4[2H])c([2H])c3[2H])c3c([2H])c([2H])c4c(c23)Cc2c([2H])c([2H])c([2H])c([2H])c2-4)=C([2H])\C([2H])=C(\c2nc3c([2H])c([2H])c([2H])c([2H])c3o2)C1. The van der Waals surface area contributed by atoms with Crippen LogP contribution in [0.2, 0.25) is 0 Å². The van der Waals surface area contributed by atoms with Crippen LogP contribution in [0.4, 0.5) is 17.1 Å². The molecule has 0 bridgehead atoms. The molecular weight excluding hydrogens is 741 g/mol. The molecule has 2 aliphatic carbocycles. The second-order valence-electron chi connectivity index (χ2n) is 13.1. The molecule has 290 valence electrons. The largest absolute Gasteiger partial charge is 0.436 e. The summed E-state index contributed by atoms with van der Waals surface area (Å²) in [6.07, 6.45) is -2.75. The zero-order valence-corrected chi connectivity index (χ0v) is 31.1. The molecule has 0 N–H and O–H groups in total. The predicted molar refractivity (Wildman–Crippen MR) is 255 cm³/mol. The molecule has 0 amide bonds. The lowest BCUT2D eigenvalue weighted by molar-refractivity contribution is 0.582. The van der Waals surface area contributed by atoms with Gasteiger partial charge in [0.15, 0.2) is 5.58 Å². The minimum absolute atomic E-state index is 0.237. The monoisotopic (exact) mass is 817 g/mol. The molecule has 3 heteroatoms. The minimum Gasteiger partial charge on any atom is -0.436 e. The molecule has 0 fully saturated rings. The Labute approximate surface area is 404 Å². The van der Waals surface area contributed by atoms with Crippen molar-refractivity contribution in [1.82, 2.24) is 4.98 Å². The minimum atomic E-state index is -1.29. The molecule has 0 saturated carbocycles. The molecule has 2 aliphatic rings. The predicted octanol–water partition coefficient (Wildman–Crippen LogP) is 15.7. The molecule has 0 aliphatic heterocycles. The van der Waals surface area contributed by atoms with Crippen LogP contribution in [0.3, 0.4) is 0 Å². The first-order chi connectivity index (χ1) is 44.3. The molecule has 0 spiro atoms. The first-order valence-electron chi connectivity index (χ1n) is 35.3. The summed E-state index contributed by atoms with van der Waals surface area (Å²) in [6.45, 7) is 0. The van der Waals surface area contributed by atoms with Gasteiger partial charge in [-0.1, -0.05) is 175 Å². The van der Waals surface area contributed by atoms with E-state index in [0.29, 0.717) is 4.90 Å². The maximum absolute atomic E-state index is 10.3. The van der Waals surface area contributed by atoms with E-state index in [0.717, 1.165) is 12.1 Å². The average molecular weight is 817 g/mol. The van der Waals surface area contributed by atoms with E-state index in [2.05, 4.69) is 4.98 Å². The van der Waals surface area contributed by atoms with Crippen molar-refractivity contribution in [3.05, 3.63) is 240 Å². The second kappa shape index (κ2) is 15.8. The first-order valence-corrected chi connectivity index (χ1v) is 18.3. The zero-order valence-electron chi connectivity index (χ0n) is 65.1. The number of fused-ring (bicyclic) bond motifs is 6. The number of rotatable bonds is 7. The van der Waals surface area contributed by atoms with Gasteiger partial charge < -0.3 is 9.32 Å². The van der Waals surface area contributed by atoms with Crippen LogP contribution in [-0.2, 0) is 6.42 Å². The van der Waals surface area contributed by atoms with Gasteiger partial charge in [0.05, 0.1) is 52.3 Å². The summed E-state index contributed by atoms with van der Waals surface area (Å²) in [4.78, 5) is 4.64. The first kappa shape index (κ1) is 15.4. The van der Waals surface area contributed by atoms with E-state index in [1.54, 1.807) is 0 Å². The molecule has 3 nitrogen and oxygen atoms in total. The van der Waals surface area contributed by atoms with Crippen molar-refractivity contribution in [3.8, 4) is 33.4 Å². The maximum Gasteiger partial charge on any atom is 0.223 e. The smallest absolute Gasteiger partial charge is 0.223 e. The van der Waals surface area contributed by atoms with Crippen molar-refractivity contribution in [2.75, 3.05) is 4.90 Å². The van der Waals surface area contributed by atoms with E-state index in [9.17, 15) is 21.9 Å². The van der Waals surface area contributed by atoms with Crippen molar-refractivity contribution in [2.24, 2.45) is 0 Å². The Kier molecular flexibility index (Phi) is 3.98. The highest BCUT2D eigenvalue weighted by Gasteiger charge is 2.26. The van der Waals surface area contributed by atoms with Crippen LogP contribution >= 0.6 is 0 Å². The van der Waals surface area contributed by atoms with Gasteiger partial charge in [-0.05, 0) is 123 Å². The summed E-state index contributed by atoms with van der Waals surface area (Å²) >= 11 is 0. The summed E-state index contributed by atoms with van der Waals surface area (Å²) < 4.78 is 317. The molecule has 0 saturated heterocycles. The summed E-state index contributed by atoms with van der Waals surface area (Å²) in [5.74, 6) is -0.716. The molecule has 11 rings (SSSR count). The van der Waals surface area contributed by atoms with Gasteiger partial charge in [0.1, 0.15) is 5.52 Å². The highest BCUT2D eigenvalue weighted by Crippen LogP contribution is 2.48. The maximum atomic E-state index is 10.3. The number of benzene rings is 8. The van der Waals surface area contributed by atoms with Crippen molar-refractivity contribution < 1.29 is 51.0 Å². The van der Waals surface area contributed by atoms with Crippen LogP contribution < -0.4 is 4.90 Å². The van der Waals surface area contributed by atoms with Crippen LogP contribution in [0, 0.1) is 0 Å². The van der Waals surface area contributed by atoms with Gasteiger partial charge in [0, 0.05) is 22.3 Å². The van der Waals surface area contributed by atoms with Gasteiger partial charge in [0.25, 0.3) is 0 Å². The van der Waals surface area contributed by atoms with Gasteiger partial charge >= 0.3 is 0 Å². The quantitative estimate of drug-likeness (QED) is 0.160. The van der Waals surface area contributed by atoms with Crippen LogP contribution in [0.15, 0.2) is 222 Å². The summed E-state index contributed by atoms with van der Waals surface area (Å²) in [5, 5.41) is -1.51. The van der Waals surface area contributed by atoms with Crippen LogP contribution in [0.25, 0.3) is 66.4 Å². The van der Waals surface area contributed by atoms with E-state index in [4.69, 9.17) is 29.1 Å². The van der Waals surface area contributed by atoms with Crippen molar-refractivity contribution >= 4 is 50.1 Å². The number of anilines is 3. The number of oxazole rings is 1. The number of hydrogen-bond acceptors (Lipinski definition) is 3. The Morgan fingerprint density at radius 1 is 0.525 bits per heavy atom. The molecule has 1 aromatic heterocycles.